The van der Waals surface area contributed by atoms with E-state index in [0.717, 1.165) is 12.3 Å². The molecule has 0 saturated carbocycles. The van der Waals surface area contributed by atoms with Crippen molar-refractivity contribution in [2.75, 3.05) is 13.1 Å². The molecule has 0 amide bonds. The summed E-state index contributed by atoms with van der Waals surface area (Å²) < 4.78 is 2.00. The lowest BCUT2D eigenvalue weighted by molar-refractivity contribution is 0.411. The van der Waals surface area contributed by atoms with Gasteiger partial charge >= 0.3 is 0 Å². The number of aryl methyl sites for hydroxylation is 2. The van der Waals surface area contributed by atoms with Crippen LogP contribution >= 0.6 is 0 Å². The summed E-state index contributed by atoms with van der Waals surface area (Å²) in [6, 6.07) is 0. The molecule has 3 heteroatoms. The van der Waals surface area contributed by atoms with Crippen LogP contribution in [0.25, 0.3) is 0 Å². The second kappa shape index (κ2) is 16.0. The minimum Gasteiger partial charge on any atom is -0.340 e. The molecule has 0 radical (unpaired) electrons. The van der Waals surface area contributed by atoms with Gasteiger partial charge in [-0.3, -0.25) is 0 Å². The molecule has 0 saturated heterocycles. The molecule has 0 unspecified atom stereocenters. The fourth-order valence-corrected chi connectivity index (χ4v) is 2.80. The highest BCUT2D eigenvalue weighted by molar-refractivity contribution is 4.95. The second-order valence-corrected chi connectivity index (χ2v) is 6.64. The van der Waals surface area contributed by atoms with E-state index in [2.05, 4.69) is 44.2 Å². The largest absolute Gasteiger partial charge is 0.340 e. The molecule has 0 aromatic carbocycles. The Balaban J connectivity index is 0.000000422. The molecule has 1 N–H and O–H groups in total. The lowest BCUT2D eigenvalue weighted by Crippen LogP contribution is -2.23. The Hall–Kier alpha value is -0.830. The summed E-state index contributed by atoms with van der Waals surface area (Å²) in [5.41, 5.74) is 1.22. The number of hydrogen-bond donors (Lipinski definition) is 1. The average Bonchev–Trinajstić information content (AvgIpc) is 2.94. The van der Waals surface area contributed by atoms with Crippen molar-refractivity contribution in [3.8, 4) is 0 Å². The van der Waals surface area contributed by atoms with Crippen molar-refractivity contribution in [2.24, 2.45) is 13.0 Å². The first-order valence-electron chi connectivity index (χ1n) is 9.85. The molecule has 0 spiro atoms. The van der Waals surface area contributed by atoms with Gasteiger partial charge in [0.15, 0.2) is 0 Å². The third kappa shape index (κ3) is 13.3. The van der Waals surface area contributed by atoms with Crippen LogP contribution in [0.1, 0.15) is 84.8 Å². The molecular weight excluding hydrogens is 282 g/mol. The Morgan fingerprint density at radius 2 is 1.70 bits per heavy atom. The summed E-state index contributed by atoms with van der Waals surface area (Å²) in [5, 5.41) is 3.50. The minimum absolute atomic E-state index is 0.923. The van der Waals surface area contributed by atoms with E-state index in [1.54, 1.807) is 0 Å². The first kappa shape index (κ1) is 22.2. The standard InChI is InChI=1S/C11H25N.C9H16N2/c1-4-7-11(8-5-2)10-12-9-6-3;1-3-4-5-6-9-7-11(2)8-10-9/h11-12H,4-10H2,1-3H3;7-8H,3-6H2,1-2H3. The van der Waals surface area contributed by atoms with E-state index in [9.17, 15) is 0 Å². The summed E-state index contributed by atoms with van der Waals surface area (Å²) in [7, 11) is 2.01. The molecule has 23 heavy (non-hydrogen) atoms. The van der Waals surface area contributed by atoms with Crippen LogP contribution in [0.5, 0.6) is 0 Å². The molecule has 0 bridgehead atoms. The van der Waals surface area contributed by atoms with Gasteiger partial charge in [0.25, 0.3) is 0 Å². The SMILES string of the molecule is CCCCCc1cn(C)cn1.CCCNCC(CCC)CCC. The Morgan fingerprint density at radius 3 is 2.17 bits per heavy atom. The Bertz CT molecular complexity index is 340. The van der Waals surface area contributed by atoms with Crippen molar-refractivity contribution < 1.29 is 0 Å². The van der Waals surface area contributed by atoms with Gasteiger partial charge in [-0.05, 0) is 51.1 Å². The van der Waals surface area contributed by atoms with Gasteiger partial charge in [0.1, 0.15) is 0 Å². The van der Waals surface area contributed by atoms with E-state index in [4.69, 9.17) is 0 Å². The molecule has 3 nitrogen and oxygen atoms in total. The highest BCUT2D eigenvalue weighted by atomic mass is 15.0. The van der Waals surface area contributed by atoms with E-state index in [1.165, 1.54) is 70.2 Å². The highest BCUT2D eigenvalue weighted by Crippen LogP contribution is 2.11. The average molecular weight is 324 g/mol. The molecule has 0 aliphatic carbocycles. The predicted octanol–water partition coefficient (Wildman–Crippen LogP) is 5.36. The summed E-state index contributed by atoms with van der Waals surface area (Å²) in [5.74, 6) is 0.923. The highest BCUT2D eigenvalue weighted by Gasteiger charge is 2.04. The summed E-state index contributed by atoms with van der Waals surface area (Å²) in [6.45, 7) is 11.4. The number of imidazole rings is 1. The molecule has 1 aromatic heterocycles. The van der Waals surface area contributed by atoms with Gasteiger partial charge in [-0.25, -0.2) is 4.98 Å². The number of hydrogen-bond acceptors (Lipinski definition) is 2. The third-order valence-electron chi connectivity index (χ3n) is 4.05. The van der Waals surface area contributed by atoms with Crippen LogP contribution in [-0.2, 0) is 13.5 Å². The van der Waals surface area contributed by atoms with Gasteiger partial charge < -0.3 is 9.88 Å². The van der Waals surface area contributed by atoms with Crippen LogP contribution in [0.3, 0.4) is 0 Å². The van der Waals surface area contributed by atoms with Crippen molar-refractivity contribution >= 4 is 0 Å². The number of rotatable bonds is 12. The minimum atomic E-state index is 0.923. The lowest BCUT2D eigenvalue weighted by Gasteiger charge is -2.15. The van der Waals surface area contributed by atoms with E-state index in [0.29, 0.717) is 0 Å². The Kier molecular flexibility index (Phi) is 15.5. The van der Waals surface area contributed by atoms with E-state index in [-0.39, 0.29) is 0 Å². The van der Waals surface area contributed by atoms with Gasteiger partial charge in [-0.2, -0.15) is 0 Å². The molecule has 1 heterocycles. The lowest BCUT2D eigenvalue weighted by atomic mass is 9.98. The smallest absolute Gasteiger partial charge is 0.0946 e. The quantitative estimate of drug-likeness (QED) is 0.525. The maximum Gasteiger partial charge on any atom is 0.0946 e. The fraction of sp³-hybridized carbons (Fsp3) is 0.850. The van der Waals surface area contributed by atoms with Gasteiger partial charge in [0.2, 0.25) is 0 Å². The summed E-state index contributed by atoms with van der Waals surface area (Å²) >= 11 is 0. The van der Waals surface area contributed by atoms with Gasteiger partial charge in [0, 0.05) is 13.2 Å². The summed E-state index contributed by atoms with van der Waals surface area (Å²) in [6.07, 6.45) is 15.7. The van der Waals surface area contributed by atoms with Crippen LogP contribution in [0.15, 0.2) is 12.5 Å². The molecular formula is C20H41N3. The van der Waals surface area contributed by atoms with Gasteiger partial charge in [-0.1, -0.05) is 53.4 Å². The van der Waals surface area contributed by atoms with E-state index >= 15 is 0 Å². The van der Waals surface area contributed by atoms with Gasteiger partial charge in [-0.15, -0.1) is 0 Å². The molecule has 0 atom stereocenters. The van der Waals surface area contributed by atoms with Crippen LogP contribution in [0.4, 0.5) is 0 Å². The molecule has 0 aliphatic heterocycles. The van der Waals surface area contributed by atoms with Gasteiger partial charge in [0.05, 0.1) is 12.0 Å². The predicted molar refractivity (Wildman–Crippen MR) is 103 cm³/mol. The first-order chi connectivity index (χ1) is 11.2. The summed E-state index contributed by atoms with van der Waals surface area (Å²) in [4.78, 5) is 4.25. The molecule has 0 aliphatic rings. The van der Waals surface area contributed by atoms with Crippen molar-refractivity contribution in [1.82, 2.24) is 14.9 Å². The number of nitrogens with one attached hydrogen (secondary N) is 1. The second-order valence-electron chi connectivity index (χ2n) is 6.64. The first-order valence-corrected chi connectivity index (χ1v) is 9.85. The van der Waals surface area contributed by atoms with Crippen LogP contribution in [-0.4, -0.2) is 22.6 Å². The topological polar surface area (TPSA) is 29.9 Å². The van der Waals surface area contributed by atoms with Crippen molar-refractivity contribution in [3.05, 3.63) is 18.2 Å². The third-order valence-corrected chi connectivity index (χ3v) is 4.05. The molecule has 0 fully saturated rings. The Morgan fingerprint density at radius 1 is 1.00 bits per heavy atom. The molecule has 1 aromatic rings. The zero-order chi connectivity index (χ0) is 17.3. The van der Waals surface area contributed by atoms with Crippen molar-refractivity contribution in [1.29, 1.82) is 0 Å². The number of nitrogens with zero attached hydrogens (tertiary/aromatic N) is 2. The van der Waals surface area contributed by atoms with E-state index < -0.39 is 0 Å². The molecule has 136 valence electrons. The van der Waals surface area contributed by atoms with Crippen molar-refractivity contribution in [2.45, 2.75) is 85.5 Å². The zero-order valence-corrected chi connectivity index (χ0v) is 16.4. The molecule has 1 rings (SSSR count). The zero-order valence-electron chi connectivity index (χ0n) is 16.4. The number of unbranched alkanes of at least 4 members (excludes halogenated alkanes) is 2. The van der Waals surface area contributed by atoms with E-state index in [1.807, 2.05) is 17.9 Å². The van der Waals surface area contributed by atoms with Crippen LogP contribution in [0.2, 0.25) is 0 Å². The van der Waals surface area contributed by atoms with Crippen LogP contribution < -0.4 is 5.32 Å². The van der Waals surface area contributed by atoms with Crippen LogP contribution in [0, 0.1) is 5.92 Å². The Labute approximate surface area is 145 Å². The maximum absolute atomic E-state index is 4.25. The number of aromatic nitrogens is 2. The monoisotopic (exact) mass is 323 g/mol. The normalized spacial score (nSPS) is 10.7. The fourth-order valence-electron chi connectivity index (χ4n) is 2.80. The van der Waals surface area contributed by atoms with Crippen molar-refractivity contribution in [3.63, 3.8) is 0 Å². The maximum atomic E-state index is 4.25.